The molecule has 0 spiro atoms. The molecule has 0 amide bonds. The van der Waals surface area contributed by atoms with Gasteiger partial charge in [-0.25, -0.2) is 0 Å². The fraction of sp³-hybridized carbons (Fsp3) is 0.891. The number of hydrogen-bond donors (Lipinski definition) is 13. The number of hydrogen-bond acceptors (Lipinski definition) is 19. The molecule has 2 saturated carbocycles. The first-order valence-corrected chi connectivity index (χ1v) is 23.5. The summed E-state index contributed by atoms with van der Waals surface area (Å²) in [4.78, 5) is 13.8. The second kappa shape index (κ2) is 19.8. The molecule has 20 nitrogen and oxygen atoms in total. The molecule has 0 aromatic carbocycles. The van der Waals surface area contributed by atoms with E-state index in [-0.39, 0.29) is 18.3 Å². The number of aliphatic hydroxyl groups excluding tert-OH is 11. The van der Waals surface area contributed by atoms with E-state index in [0.717, 1.165) is 16.7 Å². The van der Waals surface area contributed by atoms with Crippen molar-refractivity contribution in [3.8, 4) is 0 Å². The van der Waals surface area contributed by atoms with Crippen molar-refractivity contribution in [2.75, 3.05) is 26.4 Å². The van der Waals surface area contributed by atoms with Crippen LogP contribution in [0.2, 0.25) is 0 Å². The molecule has 0 aromatic heterocycles. The van der Waals surface area contributed by atoms with Crippen LogP contribution < -0.4 is 0 Å². The quantitative estimate of drug-likeness (QED) is 0.0866. The topological polar surface area (TPSA) is 335 Å². The Morgan fingerprint density at radius 1 is 0.758 bits per heavy atom. The largest absolute Gasteiger partial charge is 0.481 e. The number of ether oxygens (including phenoxy) is 6. The number of aliphatic hydroxyl groups is 12. The van der Waals surface area contributed by atoms with Crippen LogP contribution in [0.3, 0.4) is 0 Å². The minimum atomic E-state index is -1.96. The van der Waals surface area contributed by atoms with Crippen LogP contribution in [0, 0.1) is 34.0 Å². The average Bonchev–Trinajstić information content (AvgIpc) is 3.62. The van der Waals surface area contributed by atoms with E-state index in [2.05, 4.69) is 6.92 Å². The van der Waals surface area contributed by atoms with Crippen molar-refractivity contribution in [2.24, 2.45) is 34.0 Å². The molecule has 7 aliphatic rings. The van der Waals surface area contributed by atoms with Gasteiger partial charge in [-0.05, 0) is 94.3 Å². The van der Waals surface area contributed by atoms with Crippen LogP contribution in [-0.2, 0) is 33.2 Å². The third-order valence-electron chi connectivity index (χ3n) is 17.3. The van der Waals surface area contributed by atoms with E-state index in [4.69, 9.17) is 28.4 Å². The average molecular weight is 947 g/mol. The molecule has 0 radical (unpaired) electrons. The van der Waals surface area contributed by atoms with E-state index < -0.39 is 158 Å². The predicted molar refractivity (Wildman–Crippen MR) is 226 cm³/mol. The SMILES string of the molecule is CC(C)=CC[C@H](O)[C@@H](C)[C@H]1CC[C@@]2(C(=O)O)C3=C(CC[C@]12C)[C@@]1(C)CC[C@H](O[C@@H]2OC(CO)[C@H](O)C(O)C2O[C@H]2OC[C@H](O[C@@H]4OC(CO)[C@H](O)C(O)C4O)C(O)C2O)[C@@](O)(CO)[C@@H]1CC3. The highest BCUT2D eigenvalue weighted by Gasteiger charge is 2.70. The van der Waals surface area contributed by atoms with Gasteiger partial charge in [0.05, 0.1) is 44.1 Å². The smallest absolute Gasteiger partial charge is 0.314 e. The molecule has 0 aromatic rings. The molecule has 3 saturated heterocycles. The zero-order chi connectivity index (χ0) is 48.4. The molecule has 66 heavy (non-hydrogen) atoms. The van der Waals surface area contributed by atoms with Crippen molar-refractivity contribution in [3.63, 3.8) is 0 Å². The summed E-state index contributed by atoms with van der Waals surface area (Å²) < 4.78 is 35.0. The predicted octanol–water partition coefficient (Wildman–Crippen LogP) is -1.68. The summed E-state index contributed by atoms with van der Waals surface area (Å²) in [6.07, 6.45) is -19.5. The number of allylic oxidation sites excluding steroid dienone is 2. The third-order valence-corrected chi connectivity index (χ3v) is 17.3. The Hall–Kier alpha value is -1.77. The Labute approximate surface area is 384 Å². The number of carboxylic acids is 1. The van der Waals surface area contributed by atoms with E-state index in [0.29, 0.717) is 51.4 Å². The van der Waals surface area contributed by atoms with Gasteiger partial charge < -0.3 is 94.8 Å². The number of carboxylic acid groups (broad SMARTS) is 1. The first kappa shape index (κ1) is 52.1. The van der Waals surface area contributed by atoms with Crippen molar-refractivity contribution >= 4 is 5.97 Å². The third kappa shape index (κ3) is 8.55. The Bertz CT molecular complexity index is 1780. The number of carbonyl (C=O) groups is 1. The zero-order valence-corrected chi connectivity index (χ0v) is 38.4. The lowest BCUT2D eigenvalue weighted by Gasteiger charge is -2.62. The summed E-state index contributed by atoms with van der Waals surface area (Å²) >= 11 is 0. The van der Waals surface area contributed by atoms with E-state index in [1.807, 2.05) is 33.8 Å². The molecule has 7 rings (SSSR count). The van der Waals surface area contributed by atoms with Crippen molar-refractivity contribution in [3.05, 3.63) is 22.8 Å². The van der Waals surface area contributed by atoms with Gasteiger partial charge in [0.2, 0.25) is 0 Å². The molecule has 3 heterocycles. The van der Waals surface area contributed by atoms with Gasteiger partial charge in [0.25, 0.3) is 0 Å². The molecule has 13 N–H and O–H groups in total. The highest BCUT2D eigenvalue weighted by Crippen LogP contribution is 2.72. The lowest BCUT2D eigenvalue weighted by molar-refractivity contribution is -0.381. The van der Waals surface area contributed by atoms with Gasteiger partial charge >= 0.3 is 5.97 Å². The summed E-state index contributed by atoms with van der Waals surface area (Å²) in [6, 6.07) is 0. The van der Waals surface area contributed by atoms with Crippen LogP contribution in [0.4, 0.5) is 0 Å². The Kier molecular flexibility index (Phi) is 15.6. The summed E-state index contributed by atoms with van der Waals surface area (Å²) in [5.74, 6) is -1.74. The maximum Gasteiger partial charge on any atom is 0.314 e. The van der Waals surface area contributed by atoms with Crippen LogP contribution >= 0.6 is 0 Å². The Morgan fingerprint density at radius 3 is 2.02 bits per heavy atom. The maximum atomic E-state index is 13.8. The van der Waals surface area contributed by atoms with Crippen molar-refractivity contribution in [1.82, 2.24) is 0 Å². The minimum Gasteiger partial charge on any atom is -0.481 e. The van der Waals surface area contributed by atoms with Crippen LogP contribution in [0.15, 0.2) is 22.8 Å². The molecule has 378 valence electrons. The van der Waals surface area contributed by atoms with Crippen molar-refractivity contribution in [2.45, 2.75) is 196 Å². The molecule has 4 aliphatic carbocycles. The Balaban J connectivity index is 1.10. The molecular weight excluding hydrogens is 872 g/mol. The van der Waals surface area contributed by atoms with Gasteiger partial charge in [0.15, 0.2) is 18.9 Å². The summed E-state index contributed by atoms with van der Waals surface area (Å²) in [6.45, 7) is 7.24. The van der Waals surface area contributed by atoms with E-state index in [1.165, 1.54) is 0 Å². The van der Waals surface area contributed by atoms with Crippen molar-refractivity contribution in [1.29, 1.82) is 0 Å². The molecule has 5 fully saturated rings. The standard InChI is InChI=1S/C46H74O20/c1-20(2)6-8-25(50)21(3)22-11-15-45(42(58)59)24-7-9-29-43(4,23(24)10-14-44(22,45)5)13-12-30(46(29,60)19-49)65-41-38(35(55)32(52)27(17-48)63-41)66-39-36(56)33(53)28(18-61-39)64-40-37(57)34(54)31(51)26(16-47)62-40/h6,21-22,25-41,47-57,60H,7-19H2,1-5H3,(H,58,59)/t21-,22+,25-,26?,27?,28-,29+,30-,31-,32-,33?,34?,35?,36?,37?,38?,39+,40-,41-,43+,44+,45-,46+/m0/s1. The lowest BCUT2D eigenvalue weighted by Crippen LogP contribution is -2.67. The first-order chi connectivity index (χ1) is 31.1. The fourth-order valence-corrected chi connectivity index (χ4v) is 13.4. The van der Waals surface area contributed by atoms with E-state index in [9.17, 15) is 71.2 Å². The van der Waals surface area contributed by atoms with E-state index in [1.54, 1.807) is 0 Å². The normalized spacial score (nSPS) is 49.3. The number of rotatable bonds is 14. The summed E-state index contributed by atoms with van der Waals surface area (Å²) in [7, 11) is 0. The maximum absolute atomic E-state index is 13.8. The molecule has 20 heteroatoms. The van der Waals surface area contributed by atoms with Gasteiger partial charge in [-0.2, -0.15) is 0 Å². The zero-order valence-electron chi connectivity index (χ0n) is 38.4. The Morgan fingerprint density at radius 2 is 1.39 bits per heavy atom. The summed E-state index contributed by atoms with van der Waals surface area (Å²) in [5, 5.41) is 141. The van der Waals surface area contributed by atoms with E-state index >= 15 is 0 Å². The number of fused-ring (bicyclic) bond motifs is 4. The highest BCUT2D eigenvalue weighted by atomic mass is 16.8. The molecule has 8 unspecified atom stereocenters. The second-order valence-corrected chi connectivity index (χ2v) is 20.9. The minimum absolute atomic E-state index is 0.0517. The highest BCUT2D eigenvalue weighted by molar-refractivity contribution is 5.82. The second-order valence-electron chi connectivity index (χ2n) is 20.9. The van der Waals surface area contributed by atoms with Gasteiger partial charge in [0, 0.05) is 5.92 Å². The van der Waals surface area contributed by atoms with Gasteiger partial charge in [0.1, 0.15) is 72.7 Å². The number of aliphatic carboxylic acids is 1. The first-order valence-electron chi connectivity index (χ1n) is 23.5. The van der Waals surface area contributed by atoms with Crippen molar-refractivity contribution < 1.29 is 99.6 Å². The molecule has 0 bridgehead atoms. The molecule has 23 atom stereocenters. The van der Waals surface area contributed by atoms with Gasteiger partial charge in [-0.1, -0.05) is 43.6 Å². The lowest BCUT2D eigenvalue weighted by atomic mass is 9.44. The van der Waals surface area contributed by atoms with Gasteiger partial charge in [-0.15, -0.1) is 0 Å². The van der Waals surface area contributed by atoms with Crippen LogP contribution in [0.25, 0.3) is 0 Å². The van der Waals surface area contributed by atoms with Crippen LogP contribution in [0.5, 0.6) is 0 Å². The fourth-order valence-electron chi connectivity index (χ4n) is 13.4. The van der Waals surface area contributed by atoms with Gasteiger partial charge in [-0.3, -0.25) is 4.79 Å². The monoisotopic (exact) mass is 946 g/mol. The molecular formula is C46H74O20. The molecule has 3 aliphatic heterocycles. The van der Waals surface area contributed by atoms with Crippen LogP contribution in [0.1, 0.15) is 92.4 Å². The summed E-state index contributed by atoms with van der Waals surface area (Å²) in [5.41, 5.74) is -1.62. The van der Waals surface area contributed by atoms with Crippen LogP contribution in [-0.4, -0.2) is 203 Å².